The zero-order valence-electron chi connectivity index (χ0n) is 13.4. The monoisotopic (exact) mass is 375 g/mol. The predicted molar refractivity (Wildman–Crippen MR) is 86.1 cm³/mol. The van der Waals surface area contributed by atoms with E-state index in [1.807, 2.05) is 13.8 Å². The topological polar surface area (TPSA) is 64.6 Å². The minimum Gasteiger partial charge on any atom is -0.491 e. The van der Waals surface area contributed by atoms with Crippen molar-refractivity contribution in [2.45, 2.75) is 31.2 Å². The Morgan fingerprint density at radius 1 is 1.00 bits per heavy atom. The van der Waals surface area contributed by atoms with E-state index in [0.717, 1.165) is 18.2 Å². The highest BCUT2D eigenvalue weighted by Crippen LogP contribution is 2.26. The Bertz CT molecular complexity index is 818. The van der Waals surface area contributed by atoms with E-state index in [1.54, 1.807) is 12.1 Å². The van der Waals surface area contributed by atoms with Crippen molar-refractivity contribution < 1.29 is 31.1 Å². The highest BCUT2D eigenvalue weighted by Gasteiger charge is 2.31. The molecule has 0 radical (unpaired) electrons. The average Bonchev–Trinajstić information content (AvgIpc) is 2.47. The maximum atomic E-state index is 12.3. The molecule has 5 nitrogen and oxygen atoms in total. The van der Waals surface area contributed by atoms with Crippen molar-refractivity contribution in [2.24, 2.45) is 0 Å². The van der Waals surface area contributed by atoms with Gasteiger partial charge in [-0.2, -0.15) is 0 Å². The molecule has 0 fully saturated rings. The highest BCUT2D eigenvalue weighted by molar-refractivity contribution is 7.92. The molecule has 0 heterocycles. The zero-order valence-corrected chi connectivity index (χ0v) is 14.2. The smallest absolute Gasteiger partial charge is 0.491 e. The fraction of sp³-hybridized carbons (Fsp3) is 0.250. The summed E-state index contributed by atoms with van der Waals surface area (Å²) in [5, 5.41) is 0. The third kappa shape index (κ3) is 5.86. The number of sulfonamides is 1. The molecule has 0 spiro atoms. The Hall–Kier alpha value is -2.42. The predicted octanol–water partition coefficient (Wildman–Crippen LogP) is 4.17. The third-order valence-corrected chi connectivity index (χ3v) is 4.21. The Balaban J connectivity index is 2.17. The summed E-state index contributed by atoms with van der Waals surface area (Å²) in [6.45, 7) is 3.71. The van der Waals surface area contributed by atoms with E-state index in [0.29, 0.717) is 5.75 Å². The van der Waals surface area contributed by atoms with Crippen LogP contribution in [0.2, 0.25) is 0 Å². The molecule has 0 bridgehead atoms. The van der Waals surface area contributed by atoms with Crippen molar-refractivity contribution >= 4 is 15.7 Å². The van der Waals surface area contributed by atoms with Gasteiger partial charge in [-0.25, -0.2) is 8.42 Å². The third-order valence-electron chi connectivity index (χ3n) is 2.83. The van der Waals surface area contributed by atoms with Gasteiger partial charge in [-0.1, -0.05) is 6.07 Å². The van der Waals surface area contributed by atoms with Crippen LogP contribution in [0.4, 0.5) is 18.9 Å². The summed E-state index contributed by atoms with van der Waals surface area (Å²) >= 11 is 0. The summed E-state index contributed by atoms with van der Waals surface area (Å²) in [6.07, 6.45) is -4.93. The molecule has 0 saturated heterocycles. The molecule has 2 aromatic carbocycles. The molecule has 0 amide bonds. The highest BCUT2D eigenvalue weighted by atomic mass is 32.2. The molecular weight excluding hydrogens is 359 g/mol. The number of hydrogen-bond acceptors (Lipinski definition) is 4. The summed E-state index contributed by atoms with van der Waals surface area (Å²) in [4.78, 5) is -0.350. The second kappa shape index (κ2) is 7.22. The molecule has 0 aliphatic rings. The van der Waals surface area contributed by atoms with Crippen LogP contribution in [0.15, 0.2) is 53.4 Å². The first-order chi connectivity index (χ1) is 11.5. The molecule has 9 heteroatoms. The van der Waals surface area contributed by atoms with E-state index in [1.165, 1.54) is 18.2 Å². The molecule has 0 aliphatic carbocycles. The van der Waals surface area contributed by atoms with Crippen LogP contribution in [0.3, 0.4) is 0 Å². The SMILES string of the molecule is CC(C)Oc1ccc(NS(=O)(=O)c2cccc(OC(F)(F)F)c2)cc1. The molecule has 25 heavy (non-hydrogen) atoms. The molecule has 2 rings (SSSR count). The molecule has 0 saturated carbocycles. The van der Waals surface area contributed by atoms with E-state index in [4.69, 9.17) is 4.74 Å². The van der Waals surface area contributed by atoms with Crippen molar-refractivity contribution in [1.82, 2.24) is 0 Å². The minimum absolute atomic E-state index is 0.0288. The Morgan fingerprint density at radius 2 is 1.64 bits per heavy atom. The van der Waals surface area contributed by atoms with Gasteiger partial charge in [0.05, 0.1) is 11.0 Å². The summed E-state index contributed by atoms with van der Waals surface area (Å²) in [5.74, 6) is -0.0467. The minimum atomic E-state index is -4.90. The lowest BCUT2D eigenvalue weighted by atomic mass is 10.3. The van der Waals surface area contributed by atoms with Crippen molar-refractivity contribution in [2.75, 3.05) is 4.72 Å². The van der Waals surface area contributed by atoms with Crippen molar-refractivity contribution in [3.63, 3.8) is 0 Å². The van der Waals surface area contributed by atoms with Gasteiger partial charge in [0.2, 0.25) is 0 Å². The van der Waals surface area contributed by atoms with Gasteiger partial charge in [0.25, 0.3) is 10.0 Å². The van der Waals surface area contributed by atoms with Crippen LogP contribution in [0.1, 0.15) is 13.8 Å². The fourth-order valence-electron chi connectivity index (χ4n) is 1.93. The lowest BCUT2D eigenvalue weighted by Crippen LogP contribution is -2.18. The Kier molecular flexibility index (Phi) is 5.46. The summed E-state index contributed by atoms with van der Waals surface area (Å²) < 4.78 is 72.8. The van der Waals surface area contributed by atoms with Gasteiger partial charge in [0.15, 0.2) is 0 Å². The van der Waals surface area contributed by atoms with E-state index < -0.39 is 22.1 Å². The van der Waals surface area contributed by atoms with Crippen LogP contribution >= 0.6 is 0 Å². The standard InChI is InChI=1S/C16H16F3NO4S/c1-11(2)23-13-8-6-12(7-9-13)20-25(21,22)15-5-3-4-14(10-15)24-16(17,18)19/h3-11,20H,1-2H3. The van der Waals surface area contributed by atoms with Crippen LogP contribution in [0, 0.1) is 0 Å². The van der Waals surface area contributed by atoms with Crippen LogP contribution < -0.4 is 14.2 Å². The number of halogens is 3. The van der Waals surface area contributed by atoms with Gasteiger partial charge in [-0.15, -0.1) is 13.2 Å². The number of alkyl halides is 3. The van der Waals surface area contributed by atoms with Crippen LogP contribution in [0.5, 0.6) is 11.5 Å². The van der Waals surface area contributed by atoms with Gasteiger partial charge in [-0.3, -0.25) is 4.72 Å². The lowest BCUT2D eigenvalue weighted by Gasteiger charge is -2.13. The quantitative estimate of drug-likeness (QED) is 0.823. The molecular formula is C16H16F3NO4S. The van der Waals surface area contributed by atoms with Crippen LogP contribution in [-0.2, 0) is 10.0 Å². The first-order valence-electron chi connectivity index (χ1n) is 7.20. The van der Waals surface area contributed by atoms with Crippen LogP contribution in [0.25, 0.3) is 0 Å². The Morgan fingerprint density at radius 3 is 2.20 bits per heavy atom. The molecule has 0 unspecified atom stereocenters. The summed E-state index contributed by atoms with van der Waals surface area (Å²) in [7, 11) is -4.07. The van der Waals surface area contributed by atoms with E-state index in [9.17, 15) is 21.6 Å². The largest absolute Gasteiger partial charge is 0.573 e. The number of hydrogen-bond donors (Lipinski definition) is 1. The fourth-order valence-corrected chi connectivity index (χ4v) is 3.02. The molecule has 0 atom stereocenters. The van der Waals surface area contributed by atoms with Gasteiger partial charge in [-0.05, 0) is 50.2 Å². The van der Waals surface area contributed by atoms with Gasteiger partial charge in [0.1, 0.15) is 11.5 Å². The van der Waals surface area contributed by atoms with Gasteiger partial charge < -0.3 is 9.47 Å². The molecule has 1 N–H and O–H groups in total. The average molecular weight is 375 g/mol. The second-order valence-corrected chi connectivity index (χ2v) is 7.00. The first kappa shape index (κ1) is 18.9. The normalized spacial score (nSPS) is 12.1. The van der Waals surface area contributed by atoms with Crippen molar-refractivity contribution in [3.05, 3.63) is 48.5 Å². The summed E-state index contributed by atoms with van der Waals surface area (Å²) in [5.41, 5.74) is 0.248. The van der Waals surface area contributed by atoms with Crippen molar-refractivity contribution in [1.29, 1.82) is 0 Å². The lowest BCUT2D eigenvalue weighted by molar-refractivity contribution is -0.274. The number of rotatable bonds is 6. The molecule has 136 valence electrons. The summed E-state index contributed by atoms with van der Waals surface area (Å²) in [6, 6.07) is 10.3. The first-order valence-corrected chi connectivity index (χ1v) is 8.69. The molecule has 2 aromatic rings. The number of nitrogens with one attached hydrogen (secondary N) is 1. The van der Waals surface area contributed by atoms with Crippen molar-refractivity contribution in [3.8, 4) is 11.5 Å². The second-order valence-electron chi connectivity index (χ2n) is 5.32. The number of benzene rings is 2. The van der Waals surface area contributed by atoms with Gasteiger partial charge in [0, 0.05) is 11.8 Å². The molecule has 0 aromatic heterocycles. The van der Waals surface area contributed by atoms with Gasteiger partial charge >= 0.3 is 6.36 Å². The van der Waals surface area contributed by atoms with E-state index in [2.05, 4.69) is 9.46 Å². The van der Waals surface area contributed by atoms with E-state index >= 15 is 0 Å². The Labute approximate surface area is 143 Å². The number of ether oxygens (including phenoxy) is 2. The number of anilines is 1. The zero-order chi connectivity index (χ0) is 18.7. The maximum Gasteiger partial charge on any atom is 0.573 e. The van der Waals surface area contributed by atoms with Crippen LogP contribution in [-0.4, -0.2) is 20.9 Å². The molecule has 0 aliphatic heterocycles. The maximum absolute atomic E-state index is 12.3. The van der Waals surface area contributed by atoms with E-state index in [-0.39, 0.29) is 16.7 Å².